The van der Waals surface area contributed by atoms with E-state index in [1.165, 1.54) is 54.8 Å². The molecule has 0 aliphatic rings. The van der Waals surface area contributed by atoms with Gasteiger partial charge in [0.1, 0.15) is 35.8 Å². The number of carbonyl (C=O) groups excluding carboxylic acids is 2. The number of carbonyl (C=O) groups is 2. The minimum absolute atomic E-state index is 0.0296. The van der Waals surface area contributed by atoms with Crippen LogP contribution in [0.15, 0.2) is 51.8 Å². The van der Waals surface area contributed by atoms with Gasteiger partial charge in [0.25, 0.3) is 0 Å². The molecule has 218 valence electrons. The fourth-order valence-corrected chi connectivity index (χ4v) is 4.87. The summed E-state index contributed by atoms with van der Waals surface area (Å²) in [5.74, 6) is 1.16. The summed E-state index contributed by atoms with van der Waals surface area (Å²) in [6, 6.07) is 6.98. The minimum atomic E-state index is -0.256. The standard InChI is InChI=1S/C31H29NO10/c1-16(33)22-24(35-3)20-9-11-39-26(20)30(37-5)28(22)41-14-18-7-8-19(32-13-18)15-42-29-23(17(2)34)25(36-4)21-10-12-40-27(21)31(29)38-6/h7-13H,14-15H2,1-6H3. The maximum atomic E-state index is 12.6. The molecule has 0 radical (unpaired) electrons. The summed E-state index contributed by atoms with van der Waals surface area (Å²) in [7, 11) is 5.90. The van der Waals surface area contributed by atoms with Crippen LogP contribution in [0.1, 0.15) is 45.8 Å². The Hall–Kier alpha value is -5.19. The molecule has 0 saturated carbocycles. The molecule has 0 bridgehead atoms. The molecule has 0 saturated heterocycles. The first-order valence-electron chi connectivity index (χ1n) is 12.9. The van der Waals surface area contributed by atoms with E-state index < -0.39 is 0 Å². The van der Waals surface area contributed by atoms with E-state index in [0.717, 1.165) is 5.56 Å². The number of rotatable bonds is 12. The number of hydrogen-bond donors (Lipinski definition) is 0. The number of hydrogen-bond acceptors (Lipinski definition) is 11. The maximum Gasteiger partial charge on any atom is 0.205 e. The molecule has 0 aliphatic heterocycles. The van der Waals surface area contributed by atoms with Gasteiger partial charge in [0.2, 0.25) is 11.5 Å². The van der Waals surface area contributed by atoms with Crippen LogP contribution in [0, 0.1) is 0 Å². The Balaban J connectivity index is 1.39. The first kappa shape index (κ1) is 28.3. The largest absolute Gasteiger partial charge is 0.495 e. The Morgan fingerprint density at radius 2 is 1.12 bits per heavy atom. The lowest BCUT2D eigenvalue weighted by atomic mass is 10.0. The van der Waals surface area contributed by atoms with Crippen LogP contribution in [0.5, 0.6) is 34.5 Å². The van der Waals surface area contributed by atoms with Crippen LogP contribution in [-0.2, 0) is 13.2 Å². The van der Waals surface area contributed by atoms with Gasteiger partial charge in [-0.2, -0.15) is 0 Å². The normalized spacial score (nSPS) is 11.0. The lowest BCUT2D eigenvalue weighted by Gasteiger charge is -2.18. The van der Waals surface area contributed by atoms with Crippen molar-refractivity contribution < 1.29 is 46.8 Å². The number of Topliss-reactive ketones (excluding diaryl/α,β-unsaturated/α-hetero) is 2. The summed E-state index contributed by atoms with van der Waals surface area (Å²) in [6.45, 7) is 2.96. The third-order valence-electron chi connectivity index (χ3n) is 6.71. The maximum absolute atomic E-state index is 12.6. The van der Waals surface area contributed by atoms with Gasteiger partial charge in [-0.15, -0.1) is 0 Å². The van der Waals surface area contributed by atoms with E-state index in [1.807, 2.05) is 6.07 Å². The van der Waals surface area contributed by atoms with Crippen LogP contribution >= 0.6 is 0 Å². The van der Waals surface area contributed by atoms with Gasteiger partial charge in [-0.05, 0) is 32.0 Å². The van der Waals surface area contributed by atoms with E-state index in [4.69, 9.17) is 37.3 Å². The Kier molecular flexibility index (Phi) is 7.92. The SMILES string of the molecule is COc1c(C(C)=O)c(OCc2ccc(COc3c(C(C)=O)c(OC)c4ccoc4c3OC)nc2)c(OC)c2occc12. The number of ketones is 2. The molecule has 0 aliphatic carbocycles. The van der Waals surface area contributed by atoms with Crippen LogP contribution in [-0.4, -0.2) is 45.0 Å². The number of ether oxygens (including phenoxy) is 6. The molecule has 42 heavy (non-hydrogen) atoms. The highest BCUT2D eigenvalue weighted by Gasteiger charge is 2.28. The second-order valence-electron chi connectivity index (χ2n) is 9.22. The molecule has 0 atom stereocenters. The van der Waals surface area contributed by atoms with Gasteiger partial charge in [-0.1, -0.05) is 6.07 Å². The predicted octanol–water partition coefficient (Wildman–Crippen LogP) is 6.17. The lowest BCUT2D eigenvalue weighted by molar-refractivity contribution is 0.0996. The van der Waals surface area contributed by atoms with Gasteiger partial charge >= 0.3 is 0 Å². The number of nitrogens with zero attached hydrogens (tertiary/aromatic N) is 1. The molecule has 0 N–H and O–H groups in total. The van der Waals surface area contributed by atoms with Gasteiger partial charge in [-0.3, -0.25) is 14.6 Å². The number of furan rings is 2. The highest BCUT2D eigenvalue weighted by Crippen LogP contribution is 2.48. The number of benzene rings is 2. The molecule has 5 aromatic rings. The van der Waals surface area contributed by atoms with Crippen molar-refractivity contribution in [2.24, 2.45) is 0 Å². The minimum Gasteiger partial charge on any atom is -0.495 e. The van der Waals surface area contributed by atoms with Crippen LogP contribution in [0.2, 0.25) is 0 Å². The third kappa shape index (κ3) is 4.83. The fourth-order valence-electron chi connectivity index (χ4n) is 4.87. The summed E-state index contributed by atoms with van der Waals surface area (Å²) >= 11 is 0. The number of aromatic nitrogens is 1. The quantitative estimate of drug-likeness (QED) is 0.158. The molecule has 11 nitrogen and oxygen atoms in total. The van der Waals surface area contributed by atoms with E-state index in [1.54, 1.807) is 24.4 Å². The average Bonchev–Trinajstić information content (AvgIpc) is 3.67. The lowest BCUT2D eigenvalue weighted by Crippen LogP contribution is -2.08. The molecule has 0 fully saturated rings. The molecule has 3 aromatic heterocycles. The Labute approximate surface area is 240 Å². The molecule has 2 aromatic carbocycles. The van der Waals surface area contributed by atoms with Crippen molar-refractivity contribution in [3.8, 4) is 34.5 Å². The highest BCUT2D eigenvalue weighted by molar-refractivity contribution is 6.09. The molecule has 0 unspecified atom stereocenters. The average molecular weight is 576 g/mol. The first-order chi connectivity index (χ1) is 20.3. The van der Waals surface area contributed by atoms with Crippen molar-refractivity contribution in [2.45, 2.75) is 27.1 Å². The van der Waals surface area contributed by atoms with E-state index in [2.05, 4.69) is 4.98 Å². The van der Waals surface area contributed by atoms with E-state index >= 15 is 0 Å². The Morgan fingerprint density at radius 1 is 0.643 bits per heavy atom. The van der Waals surface area contributed by atoms with Crippen molar-refractivity contribution in [1.29, 1.82) is 0 Å². The highest BCUT2D eigenvalue weighted by atomic mass is 16.5. The Bertz CT molecular complexity index is 1650. The van der Waals surface area contributed by atoms with Crippen molar-refractivity contribution >= 4 is 33.5 Å². The van der Waals surface area contributed by atoms with Crippen LogP contribution < -0.4 is 28.4 Å². The molecule has 5 rings (SSSR count). The summed E-state index contributed by atoms with van der Waals surface area (Å²) < 4.78 is 45.5. The van der Waals surface area contributed by atoms with Gasteiger partial charge in [0.05, 0.1) is 57.4 Å². The summed E-state index contributed by atoms with van der Waals surface area (Å²) in [5, 5.41) is 1.20. The number of methoxy groups -OCH3 is 4. The zero-order valence-corrected chi connectivity index (χ0v) is 24.0. The molecule has 11 heteroatoms. The van der Waals surface area contributed by atoms with Crippen molar-refractivity contribution in [2.75, 3.05) is 28.4 Å². The second-order valence-corrected chi connectivity index (χ2v) is 9.22. The molecule has 0 spiro atoms. The van der Waals surface area contributed by atoms with Crippen molar-refractivity contribution in [1.82, 2.24) is 4.98 Å². The van der Waals surface area contributed by atoms with Gasteiger partial charge in [-0.25, -0.2) is 0 Å². The van der Waals surface area contributed by atoms with Gasteiger partial charge in [0.15, 0.2) is 34.2 Å². The van der Waals surface area contributed by atoms with E-state index in [9.17, 15) is 9.59 Å². The van der Waals surface area contributed by atoms with E-state index in [-0.39, 0.29) is 58.9 Å². The van der Waals surface area contributed by atoms with Crippen molar-refractivity contribution in [3.05, 3.63) is 65.4 Å². The zero-order chi connectivity index (χ0) is 30.0. The van der Waals surface area contributed by atoms with E-state index in [0.29, 0.717) is 39.1 Å². The Morgan fingerprint density at radius 3 is 1.52 bits per heavy atom. The molecule has 3 heterocycles. The zero-order valence-electron chi connectivity index (χ0n) is 24.0. The smallest absolute Gasteiger partial charge is 0.205 e. The van der Waals surface area contributed by atoms with Crippen LogP contribution in [0.25, 0.3) is 21.9 Å². The molecular formula is C31H29NO10. The third-order valence-corrected chi connectivity index (χ3v) is 6.71. The summed E-state index contributed by atoms with van der Waals surface area (Å²) in [6.07, 6.45) is 4.61. The first-order valence-corrected chi connectivity index (χ1v) is 12.9. The molecular weight excluding hydrogens is 546 g/mol. The van der Waals surface area contributed by atoms with Crippen LogP contribution in [0.3, 0.4) is 0 Å². The summed E-state index contributed by atoms with van der Waals surface area (Å²) in [4.78, 5) is 29.7. The van der Waals surface area contributed by atoms with Crippen LogP contribution in [0.4, 0.5) is 0 Å². The van der Waals surface area contributed by atoms with Crippen molar-refractivity contribution in [3.63, 3.8) is 0 Å². The van der Waals surface area contributed by atoms with Gasteiger partial charge < -0.3 is 37.3 Å². The number of pyridine rings is 1. The monoisotopic (exact) mass is 575 g/mol. The second kappa shape index (κ2) is 11.7. The summed E-state index contributed by atoms with van der Waals surface area (Å²) in [5.41, 5.74) is 2.60. The predicted molar refractivity (Wildman–Crippen MR) is 152 cm³/mol. The molecule has 0 amide bonds. The van der Waals surface area contributed by atoms with Gasteiger partial charge in [0, 0.05) is 11.8 Å². The number of fused-ring (bicyclic) bond motifs is 2. The topological polar surface area (TPSA) is 129 Å². The fraction of sp³-hybridized carbons (Fsp3) is 0.258.